The third kappa shape index (κ3) is 2.84. The SMILES string of the molecule is Cc1ccc(-c2nc(C)c(CCC(=O)O)n2C)cc1. The van der Waals surface area contributed by atoms with E-state index in [-0.39, 0.29) is 6.42 Å². The smallest absolute Gasteiger partial charge is 0.303 e. The molecule has 0 saturated heterocycles. The quantitative estimate of drug-likeness (QED) is 0.917. The van der Waals surface area contributed by atoms with Gasteiger partial charge in [0.2, 0.25) is 0 Å². The fourth-order valence-electron chi connectivity index (χ4n) is 2.20. The Morgan fingerprint density at radius 3 is 2.47 bits per heavy atom. The number of aliphatic carboxylic acids is 1. The van der Waals surface area contributed by atoms with Crippen LogP contribution in [-0.4, -0.2) is 20.6 Å². The number of rotatable bonds is 4. The first kappa shape index (κ1) is 13.3. The molecule has 1 aromatic carbocycles. The number of hydrogen-bond acceptors (Lipinski definition) is 2. The van der Waals surface area contributed by atoms with Gasteiger partial charge in [0.05, 0.1) is 12.1 Å². The van der Waals surface area contributed by atoms with Gasteiger partial charge in [0.1, 0.15) is 5.82 Å². The van der Waals surface area contributed by atoms with E-state index in [4.69, 9.17) is 5.11 Å². The lowest BCUT2D eigenvalue weighted by Crippen LogP contribution is -2.04. The molecule has 0 amide bonds. The van der Waals surface area contributed by atoms with Crippen molar-refractivity contribution in [2.75, 3.05) is 0 Å². The van der Waals surface area contributed by atoms with Gasteiger partial charge >= 0.3 is 5.97 Å². The van der Waals surface area contributed by atoms with Crippen LogP contribution in [0.4, 0.5) is 0 Å². The van der Waals surface area contributed by atoms with Gasteiger partial charge in [-0.05, 0) is 20.3 Å². The molecule has 0 unspecified atom stereocenters. The van der Waals surface area contributed by atoms with E-state index in [1.165, 1.54) is 5.56 Å². The van der Waals surface area contributed by atoms with E-state index in [2.05, 4.69) is 17.1 Å². The lowest BCUT2D eigenvalue weighted by molar-refractivity contribution is -0.136. The van der Waals surface area contributed by atoms with Crippen LogP contribution < -0.4 is 0 Å². The molecule has 0 aliphatic rings. The molecule has 0 atom stereocenters. The molecular weight excluding hydrogens is 240 g/mol. The predicted octanol–water partition coefficient (Wildman–Crippen LogP) is 2.72. The molecule has 2 rings (SSSR count). The number of carboxylic acid groups (broad SMARTS) is 1. The summed E-state index contributed by atoms with van der Waals surface area (Å²) in [5.74, 6) is 0.107. The lowest BCUT2D eigenvalue weighted by Gasteiger charge is -2.06. The van der Waals surface area contributed by atoms with Crippen LogP contribution in [0.25, 0.3) is 11.4 Å². The minimum atomic E-state index is -0.780. The molecule has 0 aliphatic heterocycles. The van der Waals surface area contributed by atoms with Gasteiger partial charge in [0, 0.05) is 18.3 Å². The fraction of sp³-hybridized carbons (Fsp3) is 0.333. The Morgan fingerprint density at radius 1 is 1.26 bits per heavy atom. The number of carbonyl (C=O) groups is 1. The Balaban J connectivity index is 2.35. The second-order valence-electron chi connectivity index (χ2n) is 4.79. The molecule has 2 aromatic rings. The molecule has 0 spiro atoms. The Labute approximate surface area is 112 Å². The van der Waals surface area contributed by atoms with Crippen molar-refractivity contribution >= 4 is 5.97 Å². The predicted molar refractivity (Wildman–Crippen MR) is 74.1 cm³/mol. The van der Waals surface area contributed by atoms with Crippen molar-refractivity contribution in [1.29, 1.82) is 0 Å². The zero-order valence-corrected chi connectivity index (χ0v) is 11.5. The highest BCUT2D eigenvalue weighted by Crippen LogP contribution is 2.22. The van der Waals surface area contributed by atoms with Crippen molar-refractivity contribution < 1.29 is 9.90 Å². The van der Waals surface area contributed by atoms with Gasteiger partial charge in [0.15, 0.2) is 0 Å². The van der Waals surface area contributed by atoms with Crippen molar-refractivity contribution in [2.45, 2.75) is 26.7 Å². The molecule has 100 valence electrons. The summed E-state index contributed by atoms with van der Waals surface area (Å²) in [4.78, 5) is 15.2. The topological polar surface area (TPSA) is 55.1 Å². The second kappa shape index (κ2) is 5.26. The fourth-order valence-corrected chi connectivity index (χ4v) is 2.20. The van der Waals surface area contributed by atoms with Crippen LogP contribution >= 0.6 is 0 Å². The first-order chi connectivity index (χ1) is 8.99. The maximum atomic E-state index is 10.7. The molecule has 0 aliphatic carbocycles. The number of imidazole rings is 1. The van der Waals surface area contributed by atoms with Crippen molar-refractivity contribution in [1.82, 2.24) is 9.55 Å². The van der Waals surface area contributed by atoms with Crippen molar-refractivity contribution in [3.05, 3.63) is 41.2 Å². The number of benzene rings is 1. The highest BCUT2D eigenvalue weighted by Gasteiger charge is 2.13. The van der Waals surface area contributed by atoms with E-state index in [0.717, 1.165) is 22.8 Å². The van der Waals surface area contributed by atoms with Gasteiger partial charge in [0.25, 0.3) is 0 Å². The Hall–Kier alpha value is -2.10. The van der Waals surface area contributed by atoms with Crippen molar-refractivity contribution in [3.8, 4) is 11.4 Å². The first-order valence-corrected chi connectivity index (χ1v) is 6.30. The van der Waals surface area contributed by atoms with Crippen LogP contribution in [0.5, 0.6) is 0 Å². The summed E-state index contributed by atoms with van der Waals surface area (Å²) in [5, 5.41) is 8.78. The minimum absolute atomic E-state index is 0.133. The molecule has 1 aromatic heterocycles. The molecule has 4 heteroatoms. The maximum Gasteiger partial charge on any atom is 0.303 e. The number of carboxylic acids is 1. The van der Waals surface area contributed by atoms with Crippen molar-refractivity contribution in [2.24, 2.45) is 7.05 Å². The van der Waals surface area contributed by atoms with Crippen molar-refractivity contribution in [3.63, 3.8) is 0 Å². The summed E-state index contributed by atoms with van der Waals surface area (Å²) in [6, 6.07) is 8.18. The number of hydrogen-bond donors (Lipinski definition) is 1. The van der Waals surface area contributed by atoms with Gasteiger partial charge < -0.3 is 9.67 Å². The lowest BCUT2D eigenvalue weighted by atomic mass is 10.1. The highest BCUT2D eigenvalue weighted by molar-refractivity contribution is 5.67. The highest BCUT2D eigenvalue weighted by atomic mass is 16.4. The van der Waals surface area contributed by atoms with Gasteiger partial charge in [-0.25, -0.2) is 4.98 Å². The average Bonchev–Trinajstić information content (AvgIpc) is 2.63. The first-order valence-electron chi connectivity index (χ1n) is 6.30. The molecule has 4 nitrogen and oxygen atoms in total. The van der Waals surface area contributed by atoms with E-state index < -0.39 is 5.97 Å². The summed E-state index contributed by atoms with van der Waals surface area (Å²) >= 11 is 0. The molecule has 1 heterocycles. The summed E-state index contributed by atoms with van der Waals surface area (Å²) < 4.78 is 1.99. The zero-order chi connectivity index (χ0) is 14.0. The number of aromatic nitrogens is 2. The second-order valence-corrected chi connectivity index (χ2v) is 4.79. The molecular formula is C15H18N2O2. The normalized spacial score (nSPS) is 10.7. The van der Waals surface area contributed by atoms with E-state index in [1.54, 1.807) is 0 Å². The monoisotopic (exact) mass is 258 g/mol. The molecule has 19 heavy (non-hydrogen) atoms. The van der Waals surface area contributed by atoms with Gasteiger partial charge in [-0.3, -0.25) is 4.79 Å². The van der Waals surface area contributed by atoms with E-state index in [1.807, 2.05) is 37.6 Å². The number of nitrogens with zero attached hydrogens (tertiary/aromatic N) is 2. The maximum absolute atomic E-state index is 10.7. The van der Waals surface area contributed by atoms with Crippen LogP contribution in [0.1, 0.15) is 23.4 Å². The summed E-state index contributed by atoms with van der Waals surface area (Å²) in [6.45, 7) is 3.97. The molecule has 0 radical (unpaired) electrons. The Morgan fingerprint density at radius 2 is 1.89 bits per heavy atom. The summed E-state index contributed by atoms with van der Waals surface area (Å²) in [7, 11) is 1.94. The van der Waals surface area contributed by atoms with E-state index in [9.17, 15) is 4.79 Å². The molecule has 1 N–H and O–H groups in total. The average molecular weight is 258 g/mol. The Kier molecular flexibility index (Phi) is 3.69. The third-order valence-corrected chi connectivity index (χ3v) is 3.30. The minimum Gasteiger partial charge on any atom is -0.481 e. The van der Waals surface area contributed by atoms with Gasteiger partial charge in [-0.2, -0.15) is 0 Å². The standard InChI is InChI=1S/C15H18N2O2/c1-10-4-6-12(7-5-10)15-16-11(2)13(17(15)3)8-9-14(18)19/h4-7H,8-9H2,1-3H3,(H,18,19). The van der Waals surface area contributed by atoms with Crippen LogP contribution in [0.3, 0.4) is 0 Å². The van der Waals surface area contributed by atoms with Crippen LogP contribution in [0.15, 0.2) is 24.3 Å². The summed E-state index contributed by atoms with van der Waals surface area (Å²) in [6.07, 6.45) is 0.643. The van der Waals surface area contributed by atoms with Gasteiger partial charge in [-0.15, -0.1) is 0 Å². The van der Waals surface area contributed by atoms with E-state index in [0.29, 0.717) is 6.42 Å². The number of aryl methyl sites for hydroxylation is 2. The molecule has 0 bridgehead atoms. The zero-order valence-electron chi connectivity index (χ0n) is 11.5. The Bertz CT molecular complexity index is 597. The van der Waals surface area contributed by atoms with Crippen LogP contribution in [0, 0.1) is 13.8 Å². The summed E-state index contributed by atoms with van der Waals surface area (Å²) in [5.41, 5.74) is 4.15. The largest absolute Gasteiger partial charge is 0.481 e. The van der Waals surface area contributed by atoms with Gasteiger partial charge in [-0.1, -0.05) is 29.8 Å². The van der Waals surface area contributed by atoms with Crippen LogP contribution in [-0.2, 0) is 18.3 Å². The third-order valence-electron chi connectivity index (χ3n) is 3.30. The van der Waals surface area contributed by atoms with Crippen LogP contribution in [0.2, 0.25) is 0 Å². The van der Waals surface area contributed by atoms with E-state index >= 15 is 0 Å². The molecule has 0 fully saturated rings. The molecule has 0 saturated carbocycles.